The zero-order valence-electron chi connectivity index (χ0n) is 25.4. The monoisotopic (exact) mass is 652 g/mol. The first kappa shape index (κ1) is 43.7. The van der Waals surface area contributed by atoms with Crippen LogP contribution < -0.4 is 0 Å². The van der Waals surface area contributed by atoms with Gasteiger partial charge in [-0.15, -0.1) is 0 Å². The average Bonchev–Trinajstić information content (AvgIpc) is 3.05. The van der Waals surface area contributed by atoms with Gasteiger partial charge in [-0.3, -0.25) is 0 Å². The molecule has 0 bridgehead atoms. The summed E-state index contributed by atoms with van der Waals surface area (Å²) >= 11 is 0. The Morgan fingerprint density at radius 1 is 0.652 bits per heavy atom. The van der Waals surface area contributed by atoms with Crippen molar-refractivity contribution in [1.29, 1.82) is 0 Å². The third-order valence-electron chi connectivity index (χ3n) is 7.07. The molecule has 46 heavy (non-hydrogen) atoms. The van der Waals surface area contributed by atoms with Gasteiger partial charge < -0.3 is 51.1 Å². The first-order valence-corrected chi connectivity index (χ1v) is 13.7. The quantitative estimate of drug-likeness (QED) is 0.0983. The largest absolute Gasteiger partial charge is 0.478 e. The van der Waals surface area contributed by atoms with Crippen LogP contribution in [0.25, 0.3) is 6.08 Å². The highest BCUT2D eigenvalue weighted by atomic mass is 16.4. The molecule has 14 heteroatoms. The van der Waals surface area contributed by atoms with Crippen molar-refractivity contribution in [2.75, 3.05) is 39.6 Å². The van der Waals surface area contributed by atoms with Crippen LogP contribution in [0, 0.1) is 22.2 Å². The van der Waals surface area contributed by atoms with Crippen molar-refractivity contribution in [1.82, 2.24) is 0 Å². The van der Waals surface area contributed by atoms with Gasteiger partial charge in [-0.05, 0) is 12.0 Å². The van der Waals surface area contributed by atoms with E-state index in [1.54, 1.807) is 0 Å². The fraction of sp³-hybridized carbons (Fsp3) is 0.375. The minimum atomic E-state index is -2.06. The highest BCUT2D eigenvalue weighted by Crippen LogP contribution is 2.49. The lowest BCUT2D eigenvalue weighted by atomic mass is 9.57. The minimum absolute atomic E-state index is 0.156. The van der Waals surface area contributed by atoms with Gasteiger partial charge in [0.25, 0.3) is 0 Å². The smallest absolute Gasteiger partial charge is 0.328 e. The van der Waals surface area contributed by atoms with Crippen molar-refractivity contribution in [2.24, 2.45) is 22.2 Å². The number of carboxylic acid groups (broad SMARTS) is 4. The van der Waals surface area contributed by atoms with Crippen molar-refractivity contribution >= 4 is 30.0 Å². The SMILES string of the molecule is C=Cc1ccccc1.CCC(CO)(CO)CO.O=C(O)C=CC(C=CC(=O)O)C(C=CC(=O)O)(C=CC(=O)O)C(CO)(CO)CO. The number of hydrogen-bond donors (Lipinski definition) is 10. The van der Waals surface area contributed by atoms with Gasteiger partial charge in [0.05, 0.1) is 45.1 Å². The Balaban J connectivity index is 0. The summed E-state index contributed by atoms with van der Waals surface area (Å²) in [5, 5.41) is 91.5. The lowest BCUT2D eigenvalue weighted by molar-refractivity contribution is -0.132. The molecule has 0 aromatic heterocycles. The van der Waals surface area contributed by atoms with E-state index in [1.807, 2.05) is 43.3 Å². The standard InChI is InChI=1S/C18H22O11.C8H8.C6H14O3/c19-9-17(10-20,11-21)18(7-5-15(26)27,8-6-16(28)29)12(1-3-13(22)23)2-4-14(24)25;1-2-8-6-4-3-5-7-8;1-2-6(3-7,4-8)5-9/h1-8,12,19-21H,9-11H2,(H,22,23)(H,24,25)(H,26,27)(H,28,29);2-7H,1H2;7-9H,2-5H2,1H3. The van der Waals surface area contributed by atoms with E-state index in [0.29, 0.717) is 30.7 Å². The zero-order valence-corrected chi connectivity index (χ0v) is 25.4. The molecule has 10 N–H and O–H groups in total. The number of aliphatic carboxylic acids is 4. The topological polar surface area (TPSA) is 271 Å². The van der Waals surface area contributed by atoms with Crippen molar-refractivity contribution < 1.29 is 70.2 Å². The summed E-state index contributed by atoms with van der Waals surface area (Å²) in [7, 11) is 0. The van der Waals surface area contributed by atoms with Crippen LogP contribution >= 0.6 is 0 Å². The molecule has 0 unspecified atom stereocenters. The molecule has 0 amide bonds. The molecule has 0 saturated carbocycles. The van der Waals surface area contributed by atoms with Crippen LogP contribution in [-0.4, -0.2) is 115 Å². The highest BCUT2D eigenvalue weighted by Gasteiger charge is 2.51. The second kappa shape index (κ2) is 23.0. The Labute approximate surface area is 266 Å². The van der Waals surface area contributed by atoms with Gasteiger partial charge in [0.15, 0.2) is 0 Å². The molecule has 1 rings (SSSR count). The summed E-state index contributed by atoms with van der Waals surface area (Å²) in [6, 6.07) is 10.0. The fourth-order valence-electron chi connectivity index (χ4n) is 3.79. The van der Waals surface area contributed by atoms with Gasteiger partial charge in [-0.1, -0.05) is 74.2 Å². The van der Waals surface area contributed by atoms with E-state index < -0.39 is 65.9 Å². The second-order valence-electron chi connectivity index (χ2n) is 9.89. The number of aliphatic hydroxyl groups excluding tert-OH is 6. The molecule has 0 aliphatic carbocycles. The Kier molecular flexibility index (Phi) is 21.8. The van der Waals surface area contributed by atoms with Crippen molar-refractivity contribution in [3.05, 3.63) is 91.1 Å². The zero-order chi connectivity index (χ0) is 35.8. The first-order valence-electron chi connectivity index (χ1n) is 13.7. The third-order valence-corrected chi connectivity index (χ3v) is 7.07. The molecule has 0 saturated heterocycles. The van der Waals surface area contributed by atoms with Gasteiger partial charge in [0, 0.05) is 41.1 Å². The molecule has 0 radical (unpaired) electrons. The number of aliphatic hydroxyl groups is 6. The number of rotatable bonds is 18. The van der Waals surface area contributed by atoms with Crippen LogP contribution in [0.15, 0.2) is 85.5 Å². The molecule has 1 aromatic rings. The van der Waals surface area contributed by atoms with Gasteiger partial charge in [-0.2, -0.15) is 0 Å². The summed E-state index contributed by atoms with van der Waals surface area (Å²) in [4.78, 5) is 44.1. The maximum Gasteiger partial charge on any atom is 0.328 e. The fourth-order valence-corrected chi connectivity index (χ4v) is 3.79. The number of carbonyl (C=O) groups is 4. The van der Waals surface area contributed by atoms with Gasteiger partial charge in [-0.25, -0.2) is 19.2 Å². The lowest BCUT2D eigenvalue weighted by Gasteiger charge is -2.47. The van der Waals surface area contributed by atoms with E-state index in [-0.39, 0.29) is 19.8 Å². The summed E-state index contributed by atoms with van der Waals surface area (Å²) in [5.74, 6) is -7.35. The third kappa shape index (κ3) is 14.6. The number of hydrogen-bond acceptors (Lipinski definition) is 10. The average molecular weight is 653 g/mol. The molecule has 256 valence electrons. The van der Waals surface area contributed by atoms with Crippen LogP contribution in [0.2, 0.25) is 0 Å². The number of allylic oxidation sites excluding steroid dienone is 4. The predicted octanol–water partition coefficient (Wildman–Crippen LogP) is 0.805. The van der Waals surface area contributed by atoms with Crippen molar-refractivity contribution in [3.8, 4) is 0 Å². The van der Waals surface area contributed by atoms with Gasteiger partial charge in [0.1, 0.15) is 0 Å². The molecule has 0 fully saturated rings. The molecule has 1 aromatic carbocycles. The van der Waals surface area contributed by atoms with Gasteiger partial charge >= 0.3 is 23.9 Å². The Morgan fingerprint density at radius 3 is 1.24 bits per heavy atom. The molecule has 0 spiro atoms. The van der Waals surface area contributed by atoms with Gasteiger partial charge in [0.2, 0.25) is 0 Å². The maximum absolute atomic E-state index is 11.1. The van der Waals surface area contributed by atoms with E-state index in [0.717, 1.165) is 24.3 Å². The van der Waals surface area contributed by atoms with Crippen LogP contribution in [0.3, 0.4) is 0 Å². The molecule has 0 atom stereocenters. The van der Waals surface area contributed by atoms with E-state index in [1.165, 1.54) is 5.56 Å². The Morgan fingerprint density at radius 2 is 1.02 bits per heavy atom. The number of benzene rings is 1. The van der Waals surface area contributed by atoms with Crippen LogP contribution in [-0.2, 0) is 19.2 Å². The van der Waals surface area contributed by atoms with Crippen molar-refractivity contribution in [2.45, 2.75) is 13.3 Å². The molecule has 0 aliphatic heterocycles. The van der Waals surface area contributed by atoms with Crippen LogP contribution in [0.4, 0.5) is 0 Å². The Hall–Kier alpha value is -4.44. The molecular weight excluding hydrogens is 608 g/mol. The predicted molar refractivity (Wildman–Crippen MR) is 167 cm³/mol. The summed E-state index contributed by atoms with van der Waals surface area (Å²) < 4.78 is 0. The lowest BCUT2D eigenvalue weighted by Crippen LogP contribution is -2.52. The van der Waals surface area contributed by atoms with Crippen LogP contribution in [0.5, 0.6) is 0 Å². The minimum Gasteiger partial charge on any atom is -0.478 e. The van der Waals surface area contributed by atoms with E-state index in [2.05, 4.69) is 6.58 Å². The van der Waals surface area contributed by atoms with E-state index in [4.69, 9.17) is 35.7 Å². The Bertz CT molecular complexity index is 1120. The number of carboxylic acids is 4. The van der Waals surface area contributed by atoms with E-state index >= 15 is 0 Å². The second-order valence-corrected chi connectivity index (χ2v) is 9.89. The molecule has 0 heterocycles. The molecule has 14 nitrogen and oxygen atoms in total. The highest BCUT2D eigenvalue weighted by molar-refractivity contribution is 5.82. The maximum atomic E-state index is 11.1. The van der Waals surface area contributed by atoms with Crippen LogP contribution in [0.1, 0.15) is 18.9 Å². The normalized spacial score (nSPS) is 13.8. The summed E-state index contributed by atoms with van der Waals surface area (Å²) in [6.07, 6.45) is 8.21. The first-order chi connectivity index (χ1) is 21.7. The van der Waals surface area contributed by atoms with E-state index in [9.17, 15) is 34.5 Å². The van der Waals surface area contributed by atoms with Crippen molar-refractivity contribution in [3.63, 3.8) is 0 Å². The summed E-state index contributed by atoms with van der Waals surface area (Å²) in [6.45, 7) is 2.00. The summed E-state index contributed by atoms with van der Waals surface area (Å²) in [5.41, 5.74) is -3.56. The molecular formula is C32H44O14. The molecule has 0 aliphatic rings.